The molecule has 8 heteroatoms. The number of hydrogen-bond acceptors (Lipinski definition) is 6. The predicted molar refractivity (Wildman–Crippen MR) is 127 cm³/mol. The van der Waals surface area contributed by atoms with Crippen LogP contribution in [0.1, 0.15) is 31.1 Å². The number of fused-ring (bicyclic) bond motifs is 2. The Kier molecular flexibility index (Phi) is 4.85. The summed E-state index contributed by atoms with van der Waals surface area (Å²) >= 11 is 1.59. The number of nitrogens with zero attached hydrogens (tertiary/aromatic N) is 4. The smallest absolute Gasteiger partial charge is 0.272 e. The second-order valence-electron chi connectivity index (χ2n) is 7.82. The number of H-pyrrole nitrogens is 1. The minimum Gasteiger partial charge on any atom is -0.325 e. The second-order valence-corrected chi connectivity index (χ2v) is 8.88. The van der Waals surface area contributed by atoms with Crippen molar-refractivity contribution >= 4 is 32.2 Å². The van der Waals surface area contributed by atoms with Gasteiger partial charge in [-0.3, -0.25) is 9.48 Å². The van der Waals surface area contributed by atoms with Crippen LogP contribution in [0.25, 0.3) is 42.6 Å². The Balaban J connectivity index is 1.82. The van der Waals surface area contributed by atoms with Crippen LogP contribution in [-0.4, -0.2) is 20.0 Å². The van der Waals surface area contributed by atoms with E-state index in [0.717, 1.165) is 31.8 Å². The summed E-state index contributed by atoms with van der Waals surface area (Å²) in [6.45, 7) is 4.34. The van der Waals surface area contributed by atoms with Crippen molar-refractivity contribution in [2.24, 2.45) is 5.73 Å². The largest absolute Gasteiger partial charge is 0.325 e. The molecule has 3 aromatic heterocycles. The van der Waals surface area contributed by atoms with Gasteiger partial charge in [-0.15, -0.1) is 11.3 Å². The van der Waals surface area contributed by atoms with E-state index in [4.69, 9.17) is 5.73 Å². The second kappa shape index (κ2) is 7.71. The van der Waals surface area contributed by atoms with Crippen LogP contribution in [0.3, 0.4) is 0 Å². The Morgan fingerprint density at radius 3 is 2.75 bits per heavy atom. The molecule has 0 aliphatic heterocycles. The van der Waals surface area contributed by atoms with Gasteiger partial charge in [-0.1, -0.05) is 24.3 Å². The molecule has 0 saturated heterocycles. The van der Waals surface area contributed by atoms with Gasteiger partial charge in [0.2, 0.25) is 0 Å². The summed E-state index contributed by atoms with van der Waals surface area (Å²) in [5.41, 5.74) is 9.57. The third kappa shape index (κ3) is 3.02. The standard InChI is InChI=1S/C24H20N6OS/c1-13(2)30-22(23-18(10-25)15-5-3-4-6-21(15)32-23)19(12-27-30)14-7-8-16-17(9-14)20(11-26)28-29-24(16)31/h3-9,12-13H,11,26H2,1-2H3,(H,29,31). The van der Waals surface area contributed by atoms with E-state index in [1.807, 2.05) is 47.3 Å². The molecule has 5 rings (SSSR count). The molecular formula is C24H20N6OS. The molecule has 0 fully saturated rings. The number of nitriles is 1. The number of rotatable bonds is 4. The Morgan fingerprint density at radius 1 is 1.19 bits per heavy atom. The maximum absolute atomic E-state index is 12.2. The van der Waals surface area contributed by atoms with Crippen LogP contribution >= 0.6 is 11.3 Å². The maximum atomic E-state index is 12.2. The van der Waals surface area contributed by atoms with Crippen molar-refractivity contribution < 1.29 is 0 Å². The summed E-state index contributed by atoms with van der Waals surface area (Å²) in [5, 5.41) is 23.5. The summed E-state index contributed by atoms with van der Waals surface area (Å²) in [6, 6.07) is 16.1. The van der Waals surface area contributed by atoms with Gasteiger partial charge in [-0.2, -0.15) is 15.5 Å². The van der Waals surface area contributed by atoms with Gasteiger partial charge in [0.15, 0.2) is 0 Å². The van der Waals surface area contributed by atoms with Crippen LogP contribution in [0.2, 0.25) is 0 Å². The minimum absolute atomic E-state index is 0.0973. The van der Waals surface area contributed by atoms with Crippen LogP contribution in [0, 0.1) is 11.3 Å². The highest BCUT2D eigenvalue weighted by atomic mass is 32.1. The average molecular weight is 441 g/mol. The molecule has 3 N–H and O–H groups in total. The number of nitrogens with one attached hydrogen (secondary N) is 1. The van der Waals surface area contributed by atoms with Gasteiger partial charge < -0.3 is 5.73 Å². The highest BCUT2D eigenvalue weighted by Gasteiger charge is 2.23. The fraction of sp³-hybridized carbons (Fsp3) is 0.167. The molecule has 2 aromatic carbocycles. The quantitative estimate of drug-likeness (QED) is 0.425. The number of nitrogens with two attached hydrogens (primary N) is 1. The van der Waals surface area contributed by atoms with E-state index < -0.39 is 0 Å². The van der Waals surface area contributed by atoms with Gasteiger partial charge >= 0.3 is 0 Å². The molecule has 3 heterocycles. The summed E-state index contributed by atoms with van der Waals surface area (Å²) in [4.78, 5) is 13.1. The van der Waals surface area contributed by atoms with Crippen molar-refractivity contribution in [2.75, 3.05) is 0 Å². The van der Waals surface area contributed by atoms with Crippen LogP contribution < -0.4 is 11.3 Å². The number of thiophene rings is 1. The summed E-state index contributed by atoms with van der Waals surface area (Å²) in [6.07, 6.45) is 1.82. The molecule has 0 atom stereocenters. The van der Waals surface area contributed by atoms with Crippen molar-refractivity contribution in [1.29, 1.82) is 5.26 Å². The van der Waals surface area contributed by atoms with E-state index in [1.165, 1.54) is 0 Å². The third-order valence-electron chi connectivity index (χ3n) is 5.58. The Labute approximate surface area is 187 Å². The first-order valence-electron chi connectivity index (χ1n) is 10.2. The summed E-state index contributed by atoms with van der Waals surface area (Å²) < 4.78 is 3.01. The molecule has 158 valence electrons. The van der Waals surface area contributed by atoms with E-state index in [2.05, 4.69) is 35.2 Å². The topological polar surface area (TPSA) is 113 Å². The number of benzene rings is 2. The molecule has 0 spiro atoms. The molecule has 0 radical (unpaired) electrons. The van der Waals surface area contributed by atoms with E-state index in [-0.39, 0.29) is 18.1 Å². The Morgan fingerprint density at radius 2 is 2.00 bits per heavy atom. The van der Waals surface area contributed by atoms with Crippen molar-refractivity contribution in [3.8, 4) is 27.8 Å². The van der Waals surface area contributed by atoms with Crippen molar-refractivity contribution in [3.63, 3.8) is 0 Å². The molecule has 0 aliphatic carbocycles. The summed E-state index contributed by atoms with van der Waals surface area (Å²) in [5.74, 6) is 0. The van der Waals surface area contributed by atoms with Crippen molar-refractivity contribution in [1.82, 2.24) is 20.0 Å². The zero-order valence-corrected chi connectivity index (χ0v) is 18.4. The SMILES string of the molecule is CC(C)n1ncc(-c2ccc3c(=O)[nH]nc(CN)c3c2)c1-c1sc2ccccc2c1C#N. The van der Waals surface area contributed by atoms with Gasteiger partial charge in [0, 0.05) is 33.6 Å². The van der Waals surface area contributed by atoms with Gasteiger partial charge in [-0.05, 0) is 37.6 Å². The maximum Gasteiger partial charge on any atom is 0.272 e. The normalized spacial score (nSPS) is 11.5. The first kappa shape index (κ1) is 20.1. The zero-order valence-electron chi connectivity index (χ0n) is 17.6. The minimum atomic E-state index is -0.252. The molecule has 5 aromatic rings. The van der Waals surface area contributed by atoms with E-state index >= 15 is 0 Å². The lowest BCUT2D eigenvalue weighted by Gasteiger charge is -2.13. The Bertz CT molecular complexity index is 1580. The fourth-order valence-corrected chi connectivity index (χ4v) is 5.26. The van der Waals surface area contributed by atoms with Crippen molar-refractivity contribution in [3.05, 3.63) is 70.3 Å². The molecular weight excluding hydrogens is 420 g/mol. The number of aromatic amines is 1. The van der Waals surface area contributed by atoms with Gasteiger partial charge in [0.25, 0.3) is 5.56 Å². The van der Waals surface area contributed by atoms with Crippen LogP contribution in [0.15, 0.2) is 53.5 Å². The highest BCUT2D eigenvalue weighted by molar-refractivity contribution is 7.22. The predicted octanol–water partition coefficient (Wildman–Crippen LogP) is 4.58. The van der Waals surface area contributed by atoms with E-state index in [1.54, 1.807) is 17.4 Å². The van der Waals surface area contributed by atoms with Crippen LogP contribution in [0.5, 0.6) is 0 Å². The first-order valence-corrected chi connectivity index (χ1v) is 11.1. The summed E-state index contributed by atoms with van der Waals surface area (Å²) in [7, 11) is 0. The molecule has 32 heavy (non-hydrogen) atoms. The molecule has 0 unspecified atom stereocenters. The van der Waals surface area contributed by atoms with Crippen LogP contribution in [-0.2, 0) is 6.54 Å². The lowest BCUT2D eigenvalue weighted by Crippen LogP contribution is -2.13. The molecule has 0 aliphatic rings. The Hall–Kier alpha value is -3.80. The average Bonchev–Trinajstić information content (AvgIpc) is 3.40. The van der Waals surface area contributed by atoms with E-state index in [9.17, 15) is 10.1 Å². The third-order valence-corrected chi connectivity index (χ3v) is 6.76. The molecule has 0 bridgehead atoms. The van der Waals surface area contributed by atoms with E-state index in [0.29, 0.717) is 22.0 Å². The zero-order chi connectivity index (χ0) is 22.4. The van der Waals surface area contributed by atoms with Crippen molar-refractivity contribution in [2.45, 2.75) is 26.4 Å². The monoisotopic (exact) mass is 440 g/mol. The first-order chi connectivity index (χ1) is 15.5. The number of aromatic nitrogens is 4. The molecule has 0 amide bonds. The van der Waals surface area contributed by atoms with Gasteiger partial charge in [0.05, 0.1) is 33.4 Å². The molecule has 0 saturated carbocycles. The lowest BCUT2D eigenvalue weighted by atomic mass is 9.99. The lowest BCUT2D eigenvalue weighted by molar-refractivity contribution is 0.539. The highest BCUT2D eigenvalue weighted by Crippen LogP contribution is 2.43. The van der Waals surface area contributed by atoms with Crippen LogP contribution in [0.4, 0.5) is 0 Å². The fourth-order valence-electron chi connectivity index (χ4n) is 4.06. The van der Waals surface area contributed by atoms with Gasteiger partial charge in [-0.25, -0.2) is 5.10 Å². The van der Waals surface area contributed by atoms with Gasteiger partial charge in [0.1, 0.15) is 6.07 Å². The number of hydrogen-bond donors (Lipinski definition) is 2. The molecule has 7 nitrogen and oxygen atoms in total.